The van der Waals surface area contributed by atoms with Crippen LogP contribution in [0.15, 0.2) is 188 Å². The first-order valence-electron chi connectivity index (χ1n) is 20.1. The number of fused-ring (bicyclic) bond motifs is 9. The van der Waals surface area contributed by atoms with Gasteiger partial charge < -0.3 is 13.7 Å². The Balaban J connectivity index is 1.30. The highest BCUT2D eigenvalue weighted by molar-refractivity contribution is 6.15. The van der Waals surface area contributed by atoms with Gasteiger partial charge in [0.15, 0.2) is 0 Å². The van der Waals surface area contributed by atoms with E-state index < -0.39 is 0 Å². The highest BCUT2D eigenvalue weighted by Gasteiger charge is 2.29. The molecule has 0 atom stereocenters. The third-order valence-electron chi connectivity index (χ3n) is 12.0. The largest absolute Gasteiger partial charge is 0.317 e. The van der Waals surface area contributed by atoms with Gasteiger partial charge >= 0.3 is 0 Å². The minimum atomic E-state index is 0.367. The lowest BCUT2D eigenvalue weighted by Crippen LogP contribution is -2.11. The predicted octanol–water partition coefficient (Wildman–Crippen LogP) is 13.5. The van der Waals surface area contributed by atoms with Crippen LogP contribution in [0.5, 0.6) is 0 Å². The van der Waals surface area contributed by atoms with Crippen molar-refractivity contribution >= 4 is 71.1 Å². The first-order chi connectivity index (χ1) is 30.2. The molecule has 0 spiro atoms. The summed E-state index contributed by atoms with van der Waals surface area (Å²) in [6.45, 7) is 8.85. The molecular formula is C54H31N7. The van der Waals surface area contributed by atoms with Gasteiger partial charge in [-0.1, -0.05) is 97.1 Å². The van der Waals surface area contributed by atoms with Gasteiger partial charge in [0.1, 0.15) is 6.07 Å². The highest BCUT2D eigenvalue weighted by Crippen LogP contribution is 2.48. The standard InChI is InChI=1S/C54H31N7/c1-56-45-32-36(33-55)52(59-48-22-8-4-16-39(48)41-30-34(24-26-50(41)59)43-18-10-12-28-57-43)54(61-46-20-6-2-14-37(46)38-15-3-7-21-47(38)61)53(45)60-49-23-9-5-17-40(49)42-31-35(25-27-51(42)60)44-19-11-13-29-58-44/h2-32H. The Morgan fingerprint density at radius 2 is 0.803 bits per heavy atom. The zero-order valence-electron chi connectivity index (χ0n) is 32.5. The molecule has 282 valence electrons. The smallest absolute Gasteiger partial charge is 0.214 e. The van der Waals surface area contributed by atoms with Crippen molar-refractivity contribution in [1.29, 1.82) is 5.26 Å². The van der Waals surface area contributed by atoms with Gasteiger partial charge in [0, 0.05) is 55.8 Å². The summed E-state index contributed by atoms with van der Waals surface area (Å²) in [4.78, 5) is 13.6. The number of aromatic nitrogens is 5. The number of hydrogen-bond donors (Lipinski definition) is 0. The van der Waals surface area contributed by atoms with E-state index in [4.69, 9.17) is 6.57 Å². The Morgan fingerprint density at radius 3 is 1.23 bits per heavy atom. The van der Waals surface area contributed by atoms with Crippen LogP contribution in [0.3, 0.4) is 0 Å². The molecule has 0 bridgehead atoms. The van der Waals surface area contributed by atoms with E-state index in [2.05, 4.69) is 156 Å². The van der Waals surface area contributed by atoms with E-state index in [0.717, 1.165) is 93.6 Å². The van der Waals surface area contributed by atoms with E-state index >= 15 is 0 Å². The van der Waals surface area contributed by atoms with Crippen LogP contribution >= 0.6 is 0 Å². The molecule has 12 aromatic rings. The maximum atomic E-state index is 11.3. The minimum Gasteiger partial charge on any atom is -0.317 e. The number of pyridine rings is 2. The number of benzene rings is 7. The Hall–Kier alpha value is -8.78. The Labute approximate surface area is 349 Å². The fourth-order valence-corrected chi connectivity index (χ4v) is 9.44. The molecule has 0 aliphatic heterocycles. The quantitative estimate of drug-likeness (QED) is 0.163. The van der Waals surface area contributed by atoms with E-state index in [9.17, 15) is 5.26 Å². The number of nitrogens with zero attached hydrogens (tertiary/aromatic N) is 7. The van der Waals surface area contributed by atoms with E-state index in [1.54, 1.807) is 6.07 Å². The SMILES string of the molecule is [C-]#[N+]c1cc(C#N)c(-n2c3ccccc3c3cc(-c4ccccn4)ccc32)c(-n2c3ccccc3c3ccccc32)c1-n1c2ccccc2c2cc(-c3ccccn3)ccc21. The van der Waals surface area contributed by atoms with Gasteiger partial charge in [-0.2, -0.15) is 5.26 Å². The average Bonchev–Trinajstić information content (AvgIpc) is 3.96. The second kappa shape index (κ2) is 13.4. The van der Waals surface area contributed by atoms with Crippen LogP contribution in [-0.2, 0) is 0 Å². The Morgan fingerprint density at radius 1 is 0.410 bits per heavy atom. The third-order valence-corrected chi connectivity index (χ3v) is 12.0. The molecule has 12 rings (SSSR count). The molecule has 61 heavy (non-hydrogen) atoms. The van der Waals surface area contributed by atoms with Gasteiger partial charge in [0.2, 0.25) is 5.69 Å². The van der Waals surface area contributed by atoms with Crippen molar-refractivity contribution < 1.29 is 0 Å². The second-order valence-corrected chi connectivity index (χ2v) is 15.2. The number of nitriles is 1. The van der Waals surface area contributed by atoms with Crippen molar-refractivity contribution in [2.45, 2.75) is 0 Å². The number of para-hydroxylation sites is 4. The summed E-state index contributed by atoms with van der Waals surface area (Å²) in [5.74, 6) is 0. The van der Waals surface area contributed by atoms with Crippen LogP contribution in [0.2, 0.25) is 0 Å². The Bertz CT molecular complexity index is 3590. The number of rotatable bonds is 5. The topological polar surface area (TPSA) is 68.7 Å². The predicted molar refractivity (Wildman–Crippen MR) is 247 cm³/mol. The maximum Gasteiger partial charge on any atom is 0.214 e. The van der Waals surface area contributed by atoms with Crippen molar-refractivity contribution in [3.8, 4) is 45.6 Å². The molecule has 0 saturated heterocycles. The summed E-state index contributed by atoms with van der Waals surface area (Å²) >= 11 is 0. The van der Waals surface area contributed by atoms with Gasteiger partial charge in [-0.05, 0) is 78.9 Å². The van der Waals surface area contributed by atoms with E-state index in [1.807, 2.05) is 60.9 Å². The molecule has 7 aromatic carbocycles. The number of hydrogen-bond acceptors (Lipinski definition) is 3. The lowest BCUT2D eigenvalue weighted by Gasteiger charge is -2.24. The molecule has 0 N–H and O–H groups in total. The molecule has 7 heteroatoms. The molecule has 0 aliphatic carbocycles. The first-order valence-corrected chi connectivity index (χ1v) is 20.1. The Kier molecular flexibility index (Phi) is 7.52. The molecule has 0 amide bonds. The van der Waals surface area contributed by atoms with Crippen LogP contribution in [0.4, 0.5) is 5.69 Å². The van der Waals surface area contributed by atoms with Crippen molar-refractivity contribution in [2.75, 3.05) is 0 Å². The zero-order chi connectivity index (χ0) is 40.6. The summed E-state index contributed by atoms with van der Waals surface area (Å²) < 4.78 is 6.74. The van der Waals surface area contributed by atoms with Crippen LogP contribution in [0.25, 0.3) is 110 Å². The summed E-state index contributed by atoms with van der Waals surface area (Å²) in [5, 5.41) is 17.6. The fraction of sp³-hybridized carbons (Fsp3) is 0. The second-order valence-electron chi connectivity index (χ2n) is 15.2. The summed E-state index contributed by atoms with van der Waals surface area (Å²) in [5.41, 5.74) is 12.3. The monoisotopic (exact) mass is 777 g/mol. The normalized spacial score (nSPS) is 11.6. The van der Waals surface area contributed by atoms with Gasteiger partial charge in [-0.25, -0.2) is 4.85 Å². The maximum absolute atomic E-state index is 11.3. The third kappa shape index (κ3) is 5.02. The van der Waals surface area contributed by atoms with E-state index in [0.29, 0.717) is 22.6 Å². The van der Waals surface area contributed by atoms with Crippen LogP contribution in [-0.4, -0.2) is 23.7 Å². The molecule has 5 aromatic heterocycles. The van der Waals surface area contributed by atoms with E-state index in [-0.39, 0.29) is 0 Å². The van der Waals surface area contributed by atoms with Crippen LogP contribution < -0.4 is 0 Å². The summed E-state index contributed by atoms with van der Waals surface area (Å²) in [6, 6.07) is 62.7. The molecule has 0 fully saturated rings. The molecule has 0 saturated carbocycles. The molecular weight excluding hydrogens is 747 g/mol. The summed E-state index contributed by atoms with van der Waals surface area (Å²) in [7, 11) is 0. The van der Waals surface area contributed by atoms with E-state index in [1.165, 1.54) is 0 Å². The molecule has 0 radical (unpaired) electrons. The van der Waals surface area contributed by atoms with Crippen molar-refractivity contribution in [1.82, 2.24) is 23.7 Å². The van der Waals surface area contributed by atoms with Gasteiger partial charge in [0.25, 0.3) is 0 Å². The lowest BCUT2D eigenvalue weighted by atomic mass is 10.0. The molecule has 0 aliphatic rings. The zero-order valence-corrected chi connectivity index (χ0v) is 32.5. The molecule has 5 heterocycles. The molecule has 0 unspecified atom stereocenters. The minimum absolute atomic E-state index is 0.367. The highest BCUT2D eigenvalue weighted by atomic mass is 15.1. The van der Waals surface area contributed by atoms with Crippen molar-refractivity contribution in [2.24, 2.45) is 0 Å². The van der Waals surface area contributed by atoms with Gasteiger partial charge in [-0.15, -0.1) is 0 Å². The van der Waals surface area contributed by atoms with Gasteiger partial charge in [-0.3, -0.25) is 9.97 Å². The fourth-order valence-electron chi connectivity index (χ4n) is 9.44. The van der Waals surface area contributed by atoms with Gasteiger partial charge in [0.05, 0.1) is 73.7 Å². The van der Waals surface area contributed by atoms with Crippen molar-refractivity contribution in [3.05, 3.63) is 205 Å². The summed E-state index contributed by atoms with van der Waals surface area (Å²) in [6.07, 6.45) is 3.63. The lowest BCUT2D eigenvalue weighted by molar-refractivity contribution is 1.05. The molecule has 7 nitrogen and oxygen atoms in total. The van der Waals surface area contributed by atoms with Crippen molar-refractivity contribution in [3.63, 3.8) is 0 Å². The van der Waals surface area contributed by atoms with Crippen LogP contribution in [0, 0.1) is 17.9 Å². The average molecular weight is 778 g/mol. The van der Waals surface area contributed by atoms with Crippen LogP contribution in [0.1, 0.15) is 5.56 Å². The first kappa shape index (κ1) is 34.3.